The molecule has 3 aromatic carbocycles. The first-order valence-corrected chi connectivity index (χ1v) is 13.5. The lowest BCUT2D eigenvalue weighted by atomic mass is 10.0. The first-order chi connectivity index (χ1) is 19.7. The summed E-state index contributed by atoms with van der Waals surface area (Å²) in [5, 5.41) is 8.98. The summed E-state index contributed by atoms with van der Waals surface area (Å²) >= 11 is 0. The van der Waals surface area contributed by atoms with Gasteiger partial charge in [-0.1, -0.05) is 42.5 Å². The van der Waals surface area contributed by atoms with Crippen LogP contribution in [0.25, 0.3) is 22.3 Å². The van der Waals surface area contributed by atoms with Crippen LogP contribution in [0, 0.1) is 0 Å². The first-order valence-electron chi connectivity index (χ1n) is 13.5. The molecule has 0 unspecified atom stereocenters. The third-order valence-electron chi connectivity index (χ3n) is 7.20. The van der Waals surface area contributed by atoms with Gasteiger partial charge in [0.1, 0.15) is 0 Å². The predicted molar refractivity (Wildman–Crippen MR) is 150 cm³/mol. The Balaban J connectivity index is 1.35. The van der Waals surface area contributed by atoms with Gasteiger partial charge >= 0.3 is 12.1 Å². The van der Waals surface area contributed by atoms with Crippen molar-refractivity contribution >= 4 is 28.6 Å². The van der Waals surface area contributed by atoms with E-state index in [2.05, 4.69) is 0 Å². The van der Waals surface area contributed by atoms with Crippen LogP contribution in [0.15, 0.2) is 72.8 Å². The third-order valence-corrected chi connectivity index (χ3v) is 7.20. The summed E-state index contributed by atoms with van der Waals surface area (Å²) in [6.45, 7) is 1.15. The Kier molecular flexibility index (Phi) is 8.19. The molecule has 1 amide bonds. The van der Waals surface area contributed by atoms with E-state index in [1.165, 1.54) is 12.1 Å². The molecule has 10 heteroatoms. The molecule has 2 heterocycles. The number of benzene rings is 3. The van der Waals surface area contributed by atoms with Crippen molar-refractivity contribution in [1.29, 1.82) is 0 Å². The Labute approximate surface area is 235 Å². The van der Waals surface area contributed by atoms with E-state index < -0.39 is 17.7 Å². The van der Waals surface area contributed by atoms with E-state index in [4.69, 9.17) is 15.1 Å². The fraction of sp³-hybridized carbons (Fsp3) is 0.290. The van der Waals surface area contributed by atoms with Crippen LogP contribution in [0.4, 0.5) is 18.9 Å². The molecule has 1 saturated heterocycles. The van der Waals surface area contributed by atoms with Gasteiger partial charge in [0.2, 0.25) is 0 Å². The van der Waals surface area contributed by atoms with Crippen LogP contribution in [-0.4, -0.2) is 58.0 Å². The number of fused-ring (bicyclic) bond motifs is 1. The number of carbonyl (C=O) groups is 2. The molecule has 5 rings (SSSR count). The van der Waals surface area contributed by atoms with Crippen LogP contribution < -0.4 is 4.90 Å². The van der Waals surface area contributed by atoms with Gasteiger partial charge in [-0.15, -0.1) is 0 Å². The van der Waals surface area contributed by atoms with E-state index in [0.29, 0.717) is 35.9 Å². The summed E-state index contributed by atoms with van der Waals surface area (Å²) in [5.74, 6) is -1.06. The van der Waals surface area contributed by atoms with Crippen LogP contribution in [0.2, 0.25) is 0 Å². The highest BCUT2D eigenvalue weighted by Gasteiger charge is 2.35. The number of rotatable bonds is 8. The van der Waals surface area contributed by atoms with Gasteiger partial charge in [-0.2, -0.15) is 13.2 Å². The lowest BCUT2D eigenvalue weighted by Gasteiger charge is -2.37. The van der Waals surface area contributed by atoms with Crippen molar-refractivity contribution in [3.05, 3.63) is 89.6 Å². The van der Waals surface area contributed by atoms with Crippen LogP contribution in [0.5, 0.6) is 0 Å². The Morgan fingerprint density at radius 3 is 2.24 bits per heavy atom. The molecule has 0 bridgehead atoms. The SMILES string of the molecule is O=C(O)CCCCc1nc2cc(C(=O)N3CCN(c4ccccc4C(F)(F)F)CC3)ccc2nc1-c1ccccc1. The highest BCUT2D eigenvalue weighted by atomic mass is 19.4. The van der Waals surface area contributed by atoms with E-state index in [9.17, 15) is 22.8 Å². The van der Waals surface area contributed by atoms with Gasteiger partial charge in [-0.25, -0.2) is 9.97 Å². The van der Waals surface area contributed by atoms with Gasteiger partial charge in [0.15, 0.2) is 0 Å². The van der Waals surface area contributed by atoms with Gasteiger partial charge in [-0.05, 0) is 49.6 Å². The lowest BCUT2D eigenvalue weighted by Crippen LogP contribution is -2.49. The maximum absolute atomic E-state index is 13.5. The van der Waals surface area contributed by atoms with Crippen molar-refractivity contribution in [3.8, 4) is 11.3 Å². The molecule has 0 spiro atoms. The summed E-state index contributed by atoms with van der Waals surface area (Å²) in [6.07, 6.45) is -2.69. The average Bonchev–Trinajstić information content (AvgIpc) is 2.98. The maximum Gasteiger partial charge on any atom is 0.418 e. The standard InChI is InChI=1S/C31H29F3N4O3/c32-31(33,34)23-10-4-6-12-27(23)37-16-18-38(19-17-37)30(41)22-14-15-24-26(20-22)35-25(11-5-7-13-28(39)40)29(36-24)21-8-2-1-3-9-21/h1-4,6,8-10,12,14-15,20H,5,7,11,13,16-19H2,(H,39,40). The number of alkyl halides is 3. The predicted octanol–water partition coefficient (Wildman–Crippen LogP) is 6.08. The minimum absolute atomic E-state index is 0.0788. The third kappa shape index (κ3) is 6.48. The van der Waals surface area contributed by atoms with E-state index >= 15 is 0 Å². The quantitative estimate of drug-likeness (QED) is 0.262. The Bertz CT molecular complexity index is 1550. The number of aliphatic carboxylic acids is 1. The number of carbonyl (C=O) groups excluding carboxylic acids is 1. The van der Waals surface area contributed by atoms with Crippen molar-refractivity contribution in [3.63, 3.8) is 0 Å². The number of unbranched alkanes of at least 4 members (excludes halogenated alkanes) is 1. The zero-order valence-electron chi connectivity index (χ0n) is 22.3. The average molecular weight is 563 g/mol. The molecular formula is C31H29F3N4O3. The van der Waals surface area contributed by atoms with Crippen molar-refractivity contribution in [2.24, 2.45) is 0 Å². The molecule has 1 N–H and O–H groups in total. The molecule has 0 aliphatic carbocycles. The largest absolute Gasteiger partial charge is 0.481 e. The van der Waals surface area contributed by atoms with E-state index in [1.54, 1.807) is 34.1 Å². The Hall–Kier alpha value is -4.47. The monoisotopic (exact) mass is 562 g/mol. The van der Waals surface area contributed by atoms with Gasteiger partial charge in [-0.3, -0.25) is 9.59 Å². The number of para-hydroxylation sites is 1. The number of hydrogen-bond donors (Lipinski definition) is 1. The van der Waals surface area contributed by atoms with Crippen molar-refractivity contribution in [2.45, 2.75) is 31.9 Å². The molecule has 1 aromatic heterocycles. The number of aromatic nitrogens is 2. The zero-order valence-corrected chi connectivity index (χ0v) is 22.3. The highest BCUT2D eigenvalue weighted by molar-refractivity contribution is 5.97. The van der Waals surface area contributed by atoms with Gasteiger partial charge in [0, 0.05) is 49.4 Å². The number of nitrogens with zero attached hydrogens (tertiary/aromatic N) is 4. The number of carboxylic acids is 1. The van der Waals surface area contributed by atoms with Crippen LogP contribution in [0.1, 0.15) is 40.9 Å². The smallest absolute Gasteiger partial charge is 0.418 e. The fourth-order valence-corrected chi connectivity index (χ4v) is 5.12. The number of piperazine rings is 1. The highest BCUT2D eigenvalue weighted by Crippen LogP contribution is 2.36. The number of hydrogen-bond acceptors (Lipinski definition) is 5. The van der Waals surface area contributed by atoms with Crippen molar-refractivity contribution in [2.75, 3.05) is 31.1 Å². The molecule has 1 aliphatic rings. The first kappa shape index (κ1) is 28.1. The van der Waals surface area contributed by atoms with Gasteiger partial charge in [0.05, 0.1) is 28.0 Å². The van der Waals surface area contributed by atoms with Crippen molar-refractivity contribution < 1.29 is 27.9 Å². The molecule has 1 fully saturated rings. The number of anilines is 1. The Morgan fingerprint density at radius 2 is 1.54 bits per heavy atom. The number of amides is 1. The zero-order chi connectivity index (χ0) is 29.0. The normalized spacial score (nSPS) is 13.9. The molecule has 0 saturated carbocycles. The second-order valence-corrected chi connectivity index (χ2v) is 9.98. The summed E-state index contributed by atoms with van der Waals surface area (Å²) in [4.78, 5) is 37.3. The molecule has 1 aliphatic heterocycles. The maximum atomic E-state index is 13.5. The summed E-state index contributed by atoms with van der Waals surface area (Å²) in [7, 11) is 0. The molecular weight excluding hydrogens is 533 g/mol. The molecule has 4 aromatic rings. The van der Waals surface area contributed by atoms with Gasteiger partial charge in [0.25, 0.3) is 5.91 Å². The van der Waals surface area contributed by atoms with Gasteiger partial charge < -0.3 is 14.9 Å². The fourth-order valence-electron chi connectivity index (χ4n) is 5.12. The summed E-state index contributed by atoms with van der Waals surface area (Å²) in [5.41, 5.74) is 3.42. The van der Waals surface area contributed by atoms with E-state index in [1.807, 2.05) is 30.3 Å². The lowest BCUT2D eigenvalue weighted by molar-refractivity contribution is -0.138. The molecule has 0 atom stereocenters. The summed E-state index contributed by atoms with van der Waals surface area (Å²) < 4.78 is 40.5. The van der Waals surface area contributed by atoms with Crippen LogP contribution >= 0.6 is 0 Å². The molecule has 0 radical (unpaired) electrons. The number of aryl methyl sites for hydroxylation is 1. The number of carboxylic acid groups (broad SMARTS) is 1. The molecule has 212 valence electrons. The topological polar surface area (TPSA) is 86.6 Å². The second-order valence-electron chi connectivity index (χ2n) is 9.98. The van der Waals surface area contributed by atoms with Crippen LogP contribution in [0.3, 0.4) is 0 Å². The second kappa shape index (κ2) is 12.0. The minimum atomic E-state index is -4.45. The van der Waals surface area contributed by atoms with Crippen molar-refractivity contribution in [1.82, 2.24) is 14.9 Å². The van der Waals surface area contributed by atoms with E-state index in [0.717, 1.165) is 23.0 Å². The minimum Gasteiger partial charge on any atom is -0.481 e. The molecule has 41 heavy (non-hydrogen) atoms. The summed E-state index contributed by atoms with van der Waals surface area (Å²) in [6, 6.07) is 20.3. The van der Waals surface area contributed by atoms with Crippen LogP contribution in [-0.2, 0) is 17.4 Å². The molecule has 7 nitrogen and oxygen atoms in total. The van der Waals surface area contributed by atoms with E-state index in [-0.39, 0.29) is 44.2 Å². The Morgan fingerprint density at radius 1 is 0.829 bits per heavy atom. The number of halogens is 3.